The molecule has 0 heterocycles. The van der Waals surface area contributed by atoms with Gasteiger partial charge in [-0.15, -0.1) is 0 Å². The molecule has 7 rings (SSSR count). The van der Waals surface area contributed by atoms with E-state index in [1.807, 2.05) is 18.2 Å². The summed E-state index contributed by atoms with van der Waals surface area (Å²) < 4.78 is 5.38. The van der Waals surface area contributed by atoms with Crippen molar-refractivity contribution in [2.24, 2.45) is 0 Å². The van der Waals surface area contributed by atoms with Crippen LogP contribution in [0.4, 0.5) is 34.1 Å². The monoisotopic (exact) mass is 660 g/mol. The molecule has 3 nitrogen and oxygen atoms in total. The molecule has 0 N–H and O–H groups in total. The molecule has 0 unspecified atom stereocenters. The van der Waals surface area contributed by atoms with E-state index < -0.39 is 0 Å². The molecule has 0 atom stereocenters. The van der Waals surface area contributed by atoms with Gasteiger partial charge in [-0.2, -0.15) is 0 Å². The zero-order chi connectivity index (χ0) is 34.8. The minimum absolute atomic E-state index is 0.840. The summed E-state index contributed by atoms with van der Waals surface area (Å²) in [5.74, 6) is 0.840. The maximum atomic E-state index is 5.38. The lowest BCUT2D eigenvalue weighted by Crippen LogP contribution is -2.09. The van der Waals surface area contributed by atoms with Crippen LogP contribution in [0.3, 0.4) is 0 Å². The van der Waals surface area contributed by atoms with E-state index in [4.69, 9.17) is 4.74 Å². The number of nitrogens with zero attached hydrogens (tertiary/aromatic N) is 2. The van der Waals surface area contributed by atoms with Crippen molar-refractivity contribution in [2.75, 3.05) is 16.9 Å². The van der Waals surface area contributed by atoms with Crippen molar-refractivity contribution in [1.82, 2.24) is 0 Å². The molecule has 7 aromatic rings. The van der Waals surface area contributed by atoms with Crippen molar-refractivity contribution in [3.63, 3.8) is 0 Å². The largest absolute Gasteiger partial charge is 0.497 e. The van der Waals surface area contributed by atoms with Gasteiger partial charge in [-0.1, -0.05) is 127 Å². The van der Waals surface area contributed by atoms with Gasteiger partial charge in [0, 0.05) is 34.1 Å². The predicted octanol–water partition coefficient (Wildman–Crippen LogP) is 13.3. The molecule has 0 spiro atoms. The van der Waals surface area contributed by atoms with Gasteiger partial charge in [-0.25, -0.2) is 0 Å². The number of anilines is 6. The number of hydrogen-bond acceptors (Lipinski definition) is 3. The van der Waals surface area contributed by atoms with Crippen LogP contribution in [-0.4, -0.2) is 7.11 Å². The van der Waals surface area contributed by atoms with Crippen molar-refractivity contribution in [1.29, 1.82) is 0 Å². The Morgan fingerprint density at radius 2 is 0.608 bits per heavy atom. The van der Waals surface area contributed by atoms with E-state index in [0.717, 1.165) is 62.1 Å². The first-order chi connectivity index (χ1) is 25.1. The third-order valence-electron chi connectivity index (χ3n) is 8.83. The second-order valence-corrected chi connectivity index (χ2v) is 12.4. The summed E-state index contributed by atoms with van der Waals surface area (Å²) in [6.45, 7) is 2.12. The Labute approximate surface area is 301 Å². The normalized spacial score (nSPS) is 11.2. The second kappa shape index (κ2) is 15.8. The lowest BCUT2D eigenvalue weighted by atomic mass is 10.1. The molecular formula is C48H40N2O. The summed E-state index contributed by atoms with van der Waals surface area (Å²) in [6, 6.07) is 63.8. The summed E-state index contributed by atoms with van der Waals surface area (Å²) in [6.07, 6.45) is 8.65. The minimum Gasteiger partial charge on any atom is -0.497 e. The lowest BCUT2D eigenvalue weighted by molar-refractivity contribution is 0.415. The highest BCUT2D eigenvalue weighted by atomic mass is 16.5. The summed E-state index contributed by atoms with van der Waals surface area (Å²) in [7, 11) is 1.69. The number of hydrogen-bond donors (Lipinski definition) is 0. The highest BCUT2D eigenvalue weighted by Gasteiger charge is 2.13. The molecule has 248 valence electrons. The number of para-hydroxylation sites is 2. The SMILES string of the molecule is COc1ccc(N(c2ccccc2)c2ccc(C=Cc3ccc(C=Cc4ccc(N(c5ccccc5)c5ccc(C)cc5)cc4)cc3)cc2)cc1. The first-order valence-electron chi connectivity index (χ1n) is 17.2. The van der Waals surface area contributed by atoms with E-state index in [2.05, 4.69) is 205 Å². The fourth-order valence-corrected chi connectivity index (χ4v) is 6.05. The Hall–Kier alpha value is -6.58. The number of methoxy groups -OCH3 is 1. The average Bonchev–Trinajstić information content (AvgIpc) is 3.20. The van der Waals surface area contributed by atoms with Crippen LogP contribution < -0.4 is 14.5 Å². The van der Waals surface area contributed by atoms with Gasteiger partial charge in [0.25, 0.3) is 0 Å². The summed E-state index contributed by atoms with van der Waals surface area (Å²) in [4.78, 5) is 4.54. The number of ether oxygens (including phenoxy) is 1. The second-order valence-electron chi connectivity index (χ2n) is 12.4. The van der Waals surface area contributed by atoms with E-state index in [1.165, 1.54) is 5.56 Å². The molecule has 51 heavy (non-hydrogen) atoms. The Balaban J connectivity index is 1.01. The smallest absolute Gasteiger partial charge is 0.119 e. The van der Waals surface area contributed by atoms with Crippen LogP contribution >= 0.6 is 0 Å². The third-order valence-corrected chi connectivity index (χ3v) is 8.83. The van der Waals surface area contributed by atoms with Crippen molar-refractivity contribution in [3.05, 3.63) is 210 Å². The van der Waals surface area contributed by atoms with Crippen LogP contribution in [0.2, 0.25) is 0 Å². The maximum absolute atomic E-state index is 5.38. The highest BCUT2D eigenvalue weighted by Crippen LogP contribution is 2.36. The standard InChI is InChI=1S/C48H40N2O/c1-37-13-27-44(28-14-37)49(42-9-5-3-6-10-42)45-29-23-40(24-30-45)21-19-38-15-17-39(18-16-38)20-22-41-25-31-46(32-26-41)50(43-11-7-4-8-12-43)47-33-35-48(51-2)36-34-47/h3-36H,1-2H3. The Morgan fingerprint density at radius 1 is 0.333 bits per heavy atom. The van der Waals surface area contributed by atoms with Crippen LogP contribution in [0.1, 0.15) is 27.8 Å². The number of benzene rings is 7. The van der Waals surface area contributed by atoms with Crippen molar-refractivity contribution in [3.8, 4) is 5.75 Å². The molecular weight excluding hydrogens is 621 g/mol. The van der Waals surface area contributed by atoms with Crippen LogP contribution in [0, 0.1) is 6.92 Å². The Morgan fingerprint density at radius 3 is 0.941 bits per heavy atom. The van der Waals surface area contributed by atoms with Crippen LogP contribution in [0.15, 0.2) is 182 Å². The van der Waals surface area contributed by atoms with Crippen LogP contribution in [0.5, 0.6) is 5.75 Å². The average molecular weight is 661 g/mol. The van der Waals surface area contributed by atoms with Crippen molar-refractivity contribution < 1.29 is 4.74 Å². The molecule has 0 saturated heterocycles. The van der Waals surface area contributed by atoms with E-state index >= 15 is 0 Å². The molecule has 0 fully saturated rings. The van der Waals surface area contributed by atoms with Crippen molar-refractivity contribution >= 4 is 58.4 Å². The molecule has 7 aromatic carbocycles. The first kappa shape index (κ1) is 32.9. The topological polar surface area (TPSA) is 15.7 Å². The van der Waals surface area contributed by atoms with Gasteiger partial charge < -0.3 is 14.5 Å². The van der Waals surface area contributed by atoms with Crippen LogP contribution in [-0.2, 0) is 0 Å². The molecule has 0 aliphatic rings. The maximum Gasteiger partial charge on any atom is 0.119 e. The fourth-order valence-electron chi connectivity index (χ4n) is 6.05. The van der Waals surface area contributed by atoms with Gasteiger partial charge in [-0.3, -0.25) is 0 Å². The Kier molecular flexibility index (Phi) is 10.2. The van der Waals surface area contributed by atoms with Gasteiger partial charge in [0.2, 0.25) is 0 Å². The number of aryl methyl sites for hydroxylation is 1. The molecule has 0 radical (unpaired) electrons. The van der Waals surface area contributed by atoms with Gasteiger partial charge in [0.1, 0.15) is 5.75 Å². The van der Waals surface area contributed by atoms with Gasteiger partial charge in [0.05, 0.1) is 7.11 Å². The molecule has 0 amide bonds. The molecule has 0 saturated carbocycles. The zero-order valence-electron chi connectivity index (χ0n) is 28.9. The summed E-state index contributed by atoms with van der Waals surface area (Å²) in [5, 5.41) is 0. The zero-order valence-corrected chi connectivity index (χ0v) is 28.9. The fraction of sp³-hybridized carbons (Fsp3) is 0.0417. The lowest BCUT2D eigenvalue weighted by Gasteiger charge is -2.25. The van der Waals surface area contributed by atoms with E-state index in [-0.39, 0.29) is 0 Å². The van der Waals surface area contributed by atoms with Crippen LogP contribution in [0.25, 0.3) is 24.3 Å². The number of rotatable bonds is 11. The van der Waals surface area contributed by atoms with E-state index in [1.54, 1.807) is 7.11 Å². The summed E-state index contributed by atoms with van der Waals surface area (Å²) in [5.41, 5.74) is 12.5. The quantitative estimate of drug-likeness (QED) is 0.128. The van der Waals surface area contributed by atoms with E-state index in [9.17, 15) is 0 Å². The predicted molar refractivity (Wildman–Crippen MR) is 218 cm³/mol. The summed E-state index contributed by atoms with van der Waals surface area (Å²) >= 11 is 0. The Bertz CT molecular complexity index is 2190. The van der Waals surface area contributed by atoms with Gasteiger partial charge in [-0.05, 0) is 114 Å². The molecule has 3 heteroatoms. The van der Waals surface area contributed by atoms with Gasteiger partial charge in [0.15, 0.2) is 0 Å². The molecule has 0 aromatic heterocycles. The van der Waals surface area contributed by atoms with Crippen molar-refractivity contribution in [2.45, 2.75) is 6.92 Å². The molecule has 0 aliphatic carbocycles. The highest BCUT2D eigenvalue weighted by molar-refractivity contribution is 5.80. The first-order valence-corrected chi connectivity index (χ1v) is 17.2. The third kappa shape index (κ3) is 8.18. The molecule has 0 aliphatic heterocycles. The minimum atomic E-state index is 0.840. The molecule has 0 bridgehead atoms. The van der Waals surface area contributed by atoms with E-state index in [0.29, 0.717) is 0 Å². The van der Waals surface area contributed by atoms with Gasteiger partial charge >= 0.3 is 0 Å².